The number of carbonyl (C=O) groups is 2. The summed E-state index contributed by atoms with van der Waals surface area (Å²) in [6.07, 6.45) is 5.44. The van der Waals surface area contributed by atoms with E-state index in [1.807, 2.05) is 19.0 Å². The minimum Gasteiger partial charge on any atom is -0.461 e. The van der Waals surface area contributed by atoms with Crippen LogP contribution >= 0.6 is 0 Å². The number of fused-ring (bicyclic) bond motifs is 3. The topological polar surface area (TPSA) is 66.8 Å². The number of hydrogen-bond acceptors (Lipinski definition) is 5. The van der Waals surface area contributed by atoms with Crippen molar-refractivity contribution in [2.24, 2.45) is 34.5 Å². The second-order valence-electron chi connectivity index (χ2n) is 10.8. The van der Waals surface area contributed by atoms with Crippen molar-refractivity contribution < 1.29 is 19.4 Å². The van der Waals surface area contributed by atoms with E-state index in [-0.39, 0.29) is 40.7 Å². The fraction of sp³-hybridized carbons (Fsp3) is 0.833. The summed E-state index contributed by atoms with van der Waals surface area (Å²) in [6, 6.07) is 0. The molecule has 5 heteroatoms. The summed E-state index contributed by atoms with van der Waals surface area (Å²) in [7, 11) is 3.90. The SMILES string of the molecule is C[C@@H]1/C(=C\C(=O)OCCN(C)C)CC[C@@H]2[C@@H]1C(=O)C[C@H]1C(C)(C)[C@@H](O)CC[C@@]21C. The van der Waals surface area contributed by atoms with Crippen molar-refractivity contribution in [2.45, 2.75) is 65.9 Å². The first-order valence-corrected chi connectivity index (χ1v) is 11.2. The van der Waals surface area contributed by atoms with Crippen molar-refractivity contribution in [3.8, 4) is 0 Å². The van der Waals surface area contributed by atoms with Gasteiger partial charge >= 0.3 is 5.97 Å². The van der Waals surface area contributed by atoms with Crippen LogP contribution in [0.4, 0.5) is 0 Å². The number of carbonyl (C=O) groups excluding carboxylic acids is 2. The zero-order valence-electron chi connectivity index (χ0n) is 19.0. The Morgan fingerprint density at radius 2 is 1.97 bits per heavy atom. The van der Waals surface area contributed by atoms with Gasteiger partial charge in [0.1, 0.15) is 12.4 Å². The van der Waals surface area contributed by atoms with Crippen molar-refractivity contribution in [3.63, 3.8) is 0 Å². The van der Waals surface area contributed by atoms with Gasteiger partial charge < -0.3 is 14.7 Å². The van der Waals surface area contributed by atoms with Crippen LogP contribution in [-0.4, -0.2) is 55.1 Å². The van der Waals surface area contributed by atoms with Crippen LogP contribution in [0.25, 0.3) is 0 Å². The molecule has 0 saturated heterocycles. The van der Waals surface area contributed by atoms with Crippen LogP contribution in [-0.2, 0) is 14.3 Å². The van der Waals surface area contributed by atoms with Gasteiger partial charge in [0, 0.05) is 25.0 Å². The molecule has 0 amide bonds. The number of hydrogen-bond donors (Lipinski definition) is 1. The van der Waals surface area contributed by atoms with Gasteiger partial charge in [-0.1, -0.05) is 33.3 Å². The normalized spacial score (nSPS) is 40.5. The van der Waals surface area contributed by atoms with Crippen LogP contribution in [0.5, 0.6) is 0 Å². The zero-order valence-corrected chi connectivity index (χ0v) is 19.0. The number of allylic oxidation sites excluding steroid dienone is 1. The third-order valence-corrected chi connectivity index (χ3v) is 8.52. The molecule has 0 bridgehead atoms. The average molecular weight is 406 g/mol. The molecule has 29 heavy (non-hydrogen) atoms. The van der Waals surface area contributed by atoms with E-state index in [1.165, 1.54) is 0 Å². The summed E-state index contributed by atoms with van der Waals surface area (Å²) in [5.74, 6) is 0.645. The summed E-state index contributed by atoms with van der Waals surface area (Å²) >= 11 is 0. The van der Waals surface area contributed by atoms with Gasteiger partial charge in [0.2, 0.25) is 0 Å². The predicted octanol–water partition coefficient (Wildman–Crippen LogP) is 3.46. The Morgan fingerprint density at radius 3 is 2.62 bits per heavy atom. The number of Topliss-reactive ketones (excluding diaryl/α,β-unsaturated/α-hetero) is 1. The molecule has 3 aliphatic rings. The molecule has 0 unspecified atom stereocenters. The fourth-order valence-corrected chi connectivity index (χ4v) is 6.63. The smallest absolute Gasteiger partial charge is 0.330 e. The van der Waals surface area contributed by atoms with E-state index in [9.17, 15) is 14.7 Å². The van der Waals surface area contributed by atoms with Crippen molar-refractivity contribution >= 4 is 11.8 Å². The number of aliphatic hydroxyl groups is 1. The van der Waals surface area contributed by atoms with Crippen molar-refractivity contribution in [1.29, 1.82) is 0 Å². The van der Waals surface area contributed by atoms with E-state index in [0.29, 0.717) is 31.3 Å². The Hall–Kier alpha value is -1.20. The molecule has 0 aromatic rings. The maximum atomic E-state index is 13.3. The molecule has 0 heterocycles. The number of ether oxygens (including phenoxy) is 1. The molecule has 0 aliphatic heterocycles. The first kappa shape index (κ1) is 22.5. The van der Waals surface area contributed by atoms with E-state index in [2.05, 4.69) is 27.7 Å². The van der Waals surface area contributed by atoms with Crippen LogP contribution in [0.1, 0.15) is 59.8 Å². The molecule has 3 fully saturated rings. The lowest BCUT2D eigenvalue weighted by atomic mass is 9.42. The lowest BCUT2D eigenvalue weighted by Gasteiger charge is -2.62. The Balaban J connectivity index is 1.78. The molecule has 0 aromatic heterocycles. The van der Waals surface area contributed by atoms with E-state index in [4.69, 9.17) is 4.74 Å². The molecular formula is C24H39NO4. The molecule has 3 aliphatic carbocycles. The molecule has 3 rings (SSSR count). The second-order valence-corrected chi connectivity index (χ2v) is 10.8. The van der Waals surface area contributed by atoms with E-state index < -0.39 is 0 Å². The van der Waals surface area contributed by atoms with E-state index in [1.54, 1.807) is 6.08 Å². The van der Waals surface area contributed by atoms with Gasteiger partial charge in [-0.3, -0.25) is 4.79 Å². The maximum Gasteiger partial charge on any atom is 0.330 e. The summed E-state index contributed by atoms with van der Waals surface area (Å²) in [6.45, 7) is 9.82. The number of nitrogens with zero attached hydrogens (tertiary/aromatic N) is 1. The summed E-state index contributed by atoms with van der Waals surface area (Å²) < 4.78 is 5.34. The van der Waals surface area contributed by atoms with Crippen LogP contribution < -0.4 is 0 Å². The molecule has 3 saturated carbocycles. The lowest BCUT2D eigenvalue weighted by molar-refractivity contribution is -0.172. The Labute approximate surface area is 175 Å². The Bertz CT molecular complexity index is 682. The van der Waals surface area contributed by atoms with Gasteiger partial charge in [-0.05, 0) is 68.4 Å². The number of rotatable bonds is 4. The highest BCUT2D eigenvalue weighted by Gasteiger charge is 2.61. The van der Waals surface area contributed by atoms with Gasteiger partial charge in [-0.25, -0.2) is 4.79 Å². The van der Waals surface area contributed by atoms with Gasteiger partial charge in [0.15, 0.2) is 0 Å². The van der Waals surface area contributed by atoms with Crippen molar-refractivity contribution in [1.82, 2.24) is 4.90 Å². The number of aliphatic hydroxyl groups excluding tert-OH is 1. The van der Waals surface area contributed by atoms with Crippen molar-refractivity contribution in [2.75, 3.05) is 27.2 Å². The Morgan fingerprint density at radius 1 is 1.28 bits per heavy atom. The molecule has 5 nitrogen and oxygen atoms in total. The van der Waals surface area contributed by atoms with Gasteiger partial charge in [-0.15, -0.1) is 0 Å². The Kier molecular flexibility index (Phi) is 6.31. The van der Waals surface area contributed by atoms with Crippen LogP contribution in [0.15, 0.2) is 11.6 Å². The molecule has 0 aromatic carbocycles. The summed E-state index contributed by atoms with van der Waals surface area (Å²) in [5.41, 5.74) is 0.905. The predicted molar refractivity (Wildman–Crippen MR) is 113 cm³/mol. The molecular weight excluding hydrogens is 366 g/mol. The molecule has 0 radical (unpaired) electrons. The van der Waals surface area contributed by atoms with Gasteiger partial charge in [-0.2, -0.15) is 0 Å². The third-order valence-electron chi connectivity index (χ3n) is 8.52. The van der Waals surface area contributed by atoms with Crippen LogP contribution in [0, 0.1) is 34.5 Å². The first-order valence-electron chi connectivity index (χ1n) is 11.2. The maximum absolute atomic E-state index is 13.3. The highest BCUT2D eigenvalue weighted by molar-refractivity contribution is 5.86. The van der Waals surface area contributed by atoms with E-state index >= 15 is 0 Å². The lowest BCUT2D eigenvalue weighted by Crippen LogP contribution is -2.60. The van der Waals surface area contributed by atoms with E-state index in [0.717, 1.165) is 31.3 Å². The number of esters is 1. The van der Waals surface area contributed by atoms with Crippen LogP contribution in [0.3, 0.4) is 0 Å². The number of ketones is 1. The summed E-state index contributed by atoms with van der Waals surface area (Å²) in [5, 5.41) is 10.6. The molecule has 164 valence electrons. The average Bonchev–Trinajstić information content (AvgIpc) is 2.63. The monoisotopic (exact) mass is 405 g/mol. The first-order chi connectivity index (χ1) is 13.5. The van der Waals surface area contributed by atoms with Crippen molar-refractivity contribution in [3.05, 3.63) is 11.6 Å². The highest BCUT2D eigenvalue weighted by Crippen LogP contribution is 2.63. The van der Waals surface area contributed by atoms with Crippen LogP contribution in [0.2, 0.25) is 0 Å². The second kappa shape index (κ2) is 8.14. The molecule has 1 N–H and O–H groups in total. The quantitative estimate of drug-likeness (QED) is 0.573. The zero-order chi connectivity index (χ0) is 21.6. The molecule has 6 atom stereocenters. The van der Waals surface area contributed by atoms with Gasteiger partial charge in [0.05, 0.1) is 6.10 Å². The standard InChI is InChI=1S/C24H39NO4/c1-15-16(13-21(28)29-12-11-25(5)6)7-8-17-22(15)18(26)14-19-23(2,3)20(27)9-10-24(17,19)4/h13,15,17,19-20,22,27H,7-12,14H2,1-6H3/b16-13-/t15-,17-,19+,20+,22-,24+/m1/s1. The number of likely N-dealkylation sites (N-methyl/N-ethyl adjacent to an activating group) is 1. The highest BCUT2D eigenvalue weighted by atomic mass is 16.5. The third kappa shape index (κ3) is 4.05. The minimum atomic E-state index is -0.335. The fourth-order valence-electron chi connectivity index (χ4n) is 6.63. The minimum absolute atomic E-state index is 0.0168. The molecule has 0 spiro atoms. The largest absolute Gasteiger partial charge is 0.461 e. The van der Waals surface area contributed by atoms with Gasteiger partial charge in [0.25, 0.3) is 0 Å². The summed E-state index contributed by atoms with van der Waals surface area (Å²) in [4.78, 5) is 27.5.